The molecule has 0 N–H and O–H groups in total. The first-order chi connectivity index (χ1) is 11.1. The summed E-state index contributed by atoms with van der Waals surface area (Å²) in [5.41, 5.74) is 1.83. The molecule has 1 fully saturated rings. The van der Waals surface area contributed by atoms with Crippen molar-refractivity contribution in [2.45, 2.75) is 58.3 Å². The fourth-order valence-electron chi connectivity index (χ4n) is 3.21. The van der Waals surface area contributed by atoms with Crippen molar-refractivity contribution in [1.82, 2.24) is 0 Å². The van der Waals surface area contributed by atoms with Gasteiger partial charge in [-0.1, -0.05) is 18.2 Å². The van der Waals surface area contributed by atoms with Gasteiger partial charge in [0.05, 0.1) is 17.8 Å². The Morgan fingerprint density at radius 1 is 1.04 bits per heavy atom. The minimum absolute atomic E-state index is 0.377. The molecule has 0 spiro atoms. The van der Waals surface area contributed by atoms with Crippen LogP contribution in [0.3, 0.4) is 0 Å². The number of hydrogen-bond acceptors (Lipinski definition) is 4. The zero-order valence-electron chi connectivity index (χ0n) is 15.7. The average Bonchev–Trinajstić information content (AvgIpc) is 2.68. The number of ether oxygens (including phenoxy) is 2. The van der Waals surface area contributed by atoms with Crippen LogP contribution in [-0.2, 0) is 14.0 Å². The molecular weight excluding hydrogens is 303 g/mol. The molecule has 1 aromatic rings. The Morgan fingerprint density at radius 3 is 2.25 bits per heavy atom. The van der Waals surface area contributed by atoms with Crippen molar-refractivity contribution in [1.29, 1.82) is 0 Å². The Kier molecular flexibility index (Phi) is 4.10. The zero-order chi connectivity index (χ0) is 17.8. The molecular formula is C19H27BO4. The van der Waals surface area contributed by atoms with Crippen LogP contribution in [0.5, 0.6) is 5.75 Å². The quantitative estimate of drug-likeness (QED) is 0.790. The second-order valence-electron chi connectivity index (χ2n) is 7.99. The molecule has 2 aliphatic rings. The molecule has 1 unspecified atom stereocenters. The lowest BCUT2D eigenvalue weighted by Gasteiger charge is -2.35. The summed E-state index contributed by atoms with van der Waals surface area (Å²) >= 11 is 0. The Labute approximate surface area is 145 Å². The highest BCUT2D eigenvalue weighted by atomic mass is 16.7. The third-order valence-electron chi connectivity index (χ3n) is 5.26. The third-order valence-corrected chi connectivity index (χ3v) is 5.26. The number of benzene rings is 1. The van der Waals surface area contributed by atoms with Gasteiger partial charge >= 0.3 is 7.12 Å². The second-order valence-corrected chi connectivity index (χ2v) is 7.99. The third kappa shape index (κ3) is 2.79. The van der Waals surface area contributed by atoms with Crippen LogP contribution in [-0.4, -0.2) is 37.6 Å². The molecule has 0 radical (unpaired) electrons. The summed E-state index contributed by atoms with van der Waals surface area (Å²) in [6.45, 7) is 12.8. The van der Waals surface area contributed by atoms with E-state index >= 15 is 0 Å². The van der Waals surface area contributed by atoms with E-state index in [1.807, 2.05) is 13.0 Å². The molecule has 4 nitrogen and oxygen atoms in total. The number of fused-ring (bicyclic) bond motifs is 1. The van der Waals surface area contributed by atoms with E-state index in [4.69, 9.17) is 18.8 Å². The van der Waals surface area contributed by atoms with E-state index in [2.05, 4.69) is 52.8 Å². The molecule has 0 saturated carbocycles. The molecule has 5 heteroatoms. The van der Waals surface area contributed by atoms with Gasteiger partial charge in [-0.2, -0.15) is 0 Å². The molecule has 3 rings (SSSR count). The van der Waals surface area contributed by atoms with E-state index in [0.717, 1.165) is 22.3 Å². The molecule has 2 aliphatic heterocycles. The lowest BCUT2D eigenvalue weighted by Crippen LogP contribution is -2.41. The largest absolute Gasteiger partial charge is 0.495 e. The number of para-hydroxylation sites is 1. The fraction of sp³-hybridized carbons (Fsp3) is 0.579. The van der Waals surface area contributed by atoms with Gasteiger partial charge in [0, 0.05) is 12.7 Å². The molecule has 1 aromatic carbocycles. The van der Waals surface area contributed by atoms with Crippen LogP contribution in [0.1, 0.15) is 45.7 Å². The summed E-state index contributed by atoms with van der Waals surface area (Å²) in [6.07, 6.45) is 2.08. The van der Waals surface area contributed by atoms with E-state index in [0.29, 0.717) is 6.61 Å². The van der Waals surface area contributed by atoms with Gasteiger partial charge in [0.1, 0.15) is 11.4 Å². The molecule has 0 aromatic heterocycles. The van der Waals surface area contributed by atoms with Gasteiger partial charge in [0.2, 0.25) is 0 Å². The molecule has 2 heterocycles. The lowest BCUT2D eigenvalue weighted by molar-refractivity contribution is 0.00578. The predicted molar refractivity (Wildman–Crippen MR) is 96.1 cm³/mol. The van der Waals surface area contributed by atoms with E-state index in [1.54, 1.807) is 7.11 Å². The van der Waals surface area contributed by atoms with E-state index in [1.165, 1.54) is 0 Å². The molecule has 1 atom stereocenters. The first-order valence-electron chi connectivity index (χ1n) is 8.45. The van der Waals surface area contributed by atoms with Crippen molar-refractivity contribution < 1.29 is 18.8 Å². The topological polar surface area (TPSA) is 36.9 Å². The highest BCUT2D eigenvalue weighted by molar-refractivity contribution is 6.69. The summed E-state index contributed by atoms with van der Waals surface area (Å²) < 4.78 is 24.2. The van der Waals surface area contributed by atoms with Crippen LogP contribution in [0.2, 0.25) is 0 Å². The monoisotopic (exact) mass is 330 g/mol. The predicted octanol–water partition coefficient (Wildman–Crippen LogP) is 3.81. The maximum Gasteiger partial charge on any atom is 0.495 e. The average molecular weight is 330 g/mol. The van der Waals surface area contributed by atoms with Crippen LogP contribution >= 0.6 is 0 Å². The van der Waals surface area contributed by atoms with E-state index in [9.17, 15) is 0 Å². The Hall–Kier alpha value is -1.30. The first-order valence-corrected chi connectivity index (χ1v) is 8.45. The van der Waals surface area contributed by atoms with Gasteiger partial charge in [0.15, 0.2) is 0 Å². The summed E-state index contributed by atoms with van der Waals surface area (Å²) in [4.78, 5) is 0. The smallest absolute Gasteiger partial charge is 0.480 e. The minimum Gasteiger partial charge on any atom is -0.480 e. The number of aryl methyl sites for hydroxylation is 1. The van der Waals surface area contributed by atoms with Gasteiger partial charge in [-0.3, -0.25) is 0 Å². The van der Waals surface area contributed by atoms with Crippen molar-refractivity contribution in [3.8, 4) is 5.75 Å². The maximum absolute atomic E-state index is 6.28. The number of rotatable bonds is 3. The molecule has 1 saturated heterocycles. The van der Waals surface area contributed by atoms with Gasteiger partial charge in [-0.25, -0.2) is 0 Å². The van der Waals surface area contributed by atoms with Gasteiger partial charge in [-0.05, 0) is 58.7 Å². The molecule has 130 valence electrons. The van der Waals surface area contributed by atoms with Crippen LogP contribution in [0.4, 0.5) is 0 Å². The van der Waals surface area contributed by atoms with E-state index in [-0.39, 0.29) is 11.2 Å². The molecule has 0 bridgehead atoms. The van der Waals surface area contributed by atoms with Crippen LogP contribution in [0, 0.1) is 6.92 Å². The van der Waals surface area contributed by atoms with Crippen molar-refractivity contribution >= 4 is 12.6 Å². The lowest BCUT2D eigenvalue weighted by atomic mass is 9.70. The van der Waals surface area contributed by atoms with Crippen molar-refractivity contribution in [3.63, 3.8) is 0 Å². The Morgan fingerprint density at radius 2 is 1.67 bits per heavy atom. The van der Waals surface area contributed by atoms with Crippen molar-refractivity contribution in [3.05, 3.63) is 35.4 Å². The van der Waals surface area contributed by atoms with Crippen LogP contribution in [0.25, 0.3) is 5.47 Å². The standard InChI is InChI=1S/C19H27BO4/c1-13-9-8-10-14-15(11-19(6,12-21-7)22-16(13)14)20-23-17(2,3)18(4,5)24-20/h8-11H,12H2,1-7H3. The summed E-state index contributed by atoms with van der Waals surface area (Å²) in [5, 5.41) is 0. The van der Waals surface area contributed by atoms with Crippen LogP contribution < -0.4 is 4.74 Å². The normalized spacial score (nSPS) is 27.5. The SMILES string of the molecule is COCC1(C)C=C(B2OC(C)(C)C(C)(C)O2)c2cccc(C)c2O1. The summed E-state index contributed by atoms with van der Waals surface area (Å²) in [6, 6.07) is 6.15. The van der Waals surface area contributed by atoms with Gasteiger partial charge in [-0.15, -0.1) is 0 Å². The molecule has 24 heavy (non-hydrogen) atoms. The van der Waals surface area contributed by atoms with Crippen molar-refractivity contribution in [2.75, 3.05) is 13.7 Å². The van der Waals surface area contributed by atoms with E-state index < -0.39 is 12.7 Å². The Balaban J connectivity index is 2.08. The first kappa shape index (κ1) is 17.5. The minimum atomic E-state index is -0.549. The maximum atomic E-state index is 6.28. The highest BCUT2D eigenvalue weighted by Gasteiger charge is 2.54. The summed E-state index contributed by atoms with van der Waals surface area (Å²) in [5.74, 6) is 0.879. The number of methoxy groups -OCH3 is 1. The zero-order valence-corrected chi connectivity index (χ0v) is 15.7. The molecule has 0 aliphatic carbocycles. The summed E-state index contributed by atoms with van der Waals surface area (Å²) in [7, 11) is 1.26. The second kappa shape index (κ2) is 5.62. The highest BCUT2D eigenvalue weighted by Crippen LogP contribution is 2.45. The molecule has 0 amide bonds. The van der Waals surface area contributed by atoms with Crippen molar-refractivity contribution in [2.24, 2.45) is 0 Å². The van der Waals surface area contributed by atoms with Crippen LogP contribution in [0.15, 0.2) is 24.3 Å². The van der Waals surface area contributed by atoms with Gasteiger partial charge < -0.3 is 18.8 Å². The fourth-order valence-corrected chi connectivity index (χ4v) is 3.21. The number of hydrogen-bond donors (Lipinski definition) is 0. The van der Waals surface area contributed by atoms with Gasteiger partial charge in [0.25, 0.3) is 0 Å². The Bertz CT molecular complexity index is 664.